The summed E-state index contributed by atoms with van der Waals surface area (Å²) in [5, 5.41) is 13.7. The SMILES string of the molecule is CCOc1cc([C@@H]2NC(=S)N(c3ccc4c(c3)OCCO4)C(C)=C2C(=O)OC)ccc1O. The smallest absolute Gasteiger partial charge is 0.337 e. The number of hydrogen-bond acceptors (Lipinski definition) is 7. The molecule has 0 saturated carbocycles. The number of esters is 1. The first-order valence-electron chi connectivity index (χ1n) is 10.2. The Labute approximate surface area is 191 Å². The van der Waals surface area contributed by atoms with Crippen molar-refractivity contribution in [2.24, 2.45) is 0 Å². The first-order chi connectivity index (χ1) is 15.4. The minimum Gasteiger partial charge on any atom is -0.504 e. The largest absolute Gasteiger partial charge is 0.504 e. The van der Waals surface area contributed by atoms with E-state index in [-0.39, 0.29) is 5.75 Å². The molecule has 0 saturated heterocycles. The predicted molar refractivity (Wildman–Crippen MR) is 122 cm³/mol. The molecule has 2 aromatic carbocycles. The fraction of sp³-hybridized carbons (Fsp3) is 0.304. The van der Waals surface area contributed by atoms with Gasteiger partial charge in [0, 0.05) is 11.8 Å². The average molecular weight is 457 g/mol. The number of phenols is 1. The van der Waals surface area contributed by atoms with E-state index in [0.29, 0.717) is 59.0 Å². The van der Waals surface area contributed by atoms with Crippen molar-refractivity contribution < 1.29 is 28.8 Å². The average Bonchev–Trinajstić information content (AvgIpc) is 2.79. The standard InChI is InChI=1S/C23H24N2O6S/c1-4-29-18-11-14(5-7-16(18)26)21-20(22(27)28-3)13(2)25(23(32)24-21)15-6-8-17-19(12-15)31-10-9-30-17/h5-8,11-12,21,26H,4,9-10H2,1-3H3,(H,24,32)/t21-/m0/s1. The molecular weight excluding hydrogens is 432 g/mol. The van der Waals surface area contributed by atoms with E-state index in [1.807, 2.05) is 32.0 Å². The lowest BCUT2D eigenvalue weighted by atomic mass is 9.94. The van der Waals surface area contributed by atoms with Gasteiger partial charge in [-0.2, -0.15) is 0 Å². The third-order valence-electron chi connectivity index (χ3n) is 5.29. The van der Waals surface area contributed by atoms with Gasteiger partial charge >= 0.3 is 5.97 Å². The van der Waals surface area contributed by atoms with Gasteiger partial charge in [0.05, 0.1) is 31.0 Å². The van der Waals surface area contributed by atoms with E-state index in [2.05, 4.69) is 5.32 Å². The maximum atomic E-state index is 12.8. The highest BCUT2D eigenvalue weighted by atomic mass is 32.1. The number of anilines is 1. The zero-order valence-electron chi connectivity index (χ0n) is 18.0. The normalized spacial score (nSPS) is 17.7. The number of benzene rings is 2. The molecule has 2 heterocycles. The second kappa shape index (κ2) is 8.96. The van der Waals surface area contributed by atoms with Crippen LogP contribution in [-0.4, -0.2) is 43.1 Å². The highest BCUT2D eigenvalue weighted by Crippen LogP contribution is 2.40. The molecule has 9 heteroatoms. The molecule has 0 aromatic heterocycles. The predicted octanol–water partition coefficient (Wildman–Crippen LogP) is 3.44. The summed E-state index contributed by atoms with van der Waals surface area (Å²) in [6, 6.07) is 9.86. The van der Waals surface area contributed by atoms with Crippen LogP contribution in [0.5, 0.6) is 23.0 Å². The molecule has 2 aliphatic rings. The van der Waals surface area contributed by atoms with Crippen molar-refractivity contribution >= 4 is 29.0 Å². The summed E-state index contributed by atoms with van der Waals surface area (Å²) in [6.45, 7) is 5.00. The van der Waals surface area contributed by atoms with Gasteiger partial charge in [-0.15, -0.1) is 0 Å². The lowest BCUT2D eigenvalue weighted by molar-refractivity contribution is -0.136. The summed E-state index contributed by atoms with van der Waals surface area (Å²) in [6.07, 6.45) is 0. The minimum absolute atomic E-state index is 0.0206. The minimum atomic E-state index is -0.580. The van der Waals surface area contributed by atoms with Crippen LogP contribution in [0.15, 0.2) is 47.7 Å². The zero-order chi connectivity index (χ0) is 22.8. The summed E-state index contributed by atoms with van der Waals surface area (Å²) in [7, 11) is 1.34. The molecule has 2 aliphatic heterocycles. The summed E-state index contributed by atoms with van der Waals surface area (Å²) < 4.78 is 21.9. The van der Waals surface area contributed by atoms with Gasteiger partial charge < -0.3 is 29.4 Å². The molecule has 4 rings (SSSR count). The van der Waals surface area contributed by atoms with Crippen LogP contribution in [0, 0.1) is 0 Å². The molecule has 0 amide bonds. The Morgan fingerprint density at radius 3 is 2.69 bits per heavy atom. The van der Waals surface area contributed by atoms with E-state index in [1.54, 1.807) is 17.0 Å². The summed E-state index contributed by atoms with van der Waals surface area (Å²) in [5.41, 5.74) is 2.44. The summed E-state index contributed by atoms with van der Waals surface area (Å²) in [4.78, 5) is 14.6. The monoisotopic (exact) mass is 456 g/mol. The number of carbonyl (C=O) groups excluding carboxylic acids is 1. The van der Waals surface area contributed by atoms with Gasteiger partial charge in [0.1, 0.15) is 13.2 Å². The van der Waals surface area contributed by atoms with Crippen molar-refractivity contribution in [3.63, 3.8) is 0 Å². The Morgan fingerprint density at radius 1 is 1.22 bits per heavy atom. The van der Waals surface area contributed by atoms with E-state index in [9.17, 15) is 9.90 Å². The second-order valence-electron chi connectivity index (χ2n) is 7.20. The van der Waals surface area contributed by atoms with Crippen molar-refractivity contribution in [3.05, 3.63) is 53.2 Å². The first kappa shape index (κ1) is 21.8. The highest BCUT2D eigenvalue weighted by Gasteiger charge is 2.36. The molecule has 0 radical (unpaired) electrons. The Hall–Kier alpha value is -3.46. The van der Waals surface area contributed by atoms with Gasteiger partial charge in [0.25, 0.3) is 0 Å². The fourth-order valence-electron chi connectivity index (χ4n) is 3.83. The molecule has 0 bridgehead atoms. The van der Waals surface area contributed by atoms with Crippen molar-refractivity contribution in [3.8, 4) is 23.0 Å². The Balaban J connectivity index is 1.79. The van der Waals surface area contributed by atoms with E-state index >= 15 is 0 Å². The molecule has 0 fully saturated rings. The van der Waals surface area contributed by atoms with E-state index in [0.717, 1.165) is 5.69 Å². The van der Waals surface area contributed by atoms with Crippen LogP contribution >= 0.6 is 12.2 Å². The molecule has 2 N–H and O–H groups in total. The number of rotatable bonds is 5. The first-order valence-corrected chi connectivity index (χ1v) is 10.6. The van der Waals surface area contributed by atoms with Crippen LogP contribution in [-0.2, 0) is 9.53 Å². The second-order valence-corrected chi connectivity index (χ2v) is 7.58. The number of carbonyl (C=O) groups is 1. The van der Waals surface area contributed by atoms with Crippen molar-refractivity contribution in [1.29, 1.82) is 0 Å². The molecule has 0 spiro atoms. The van der Waals surface area contributed by atoms with Crippen LogP contribution in [0.25, 0.3) is 0 Å². The zero-order valence-corrected chi connectivity index (χ0v) is 18.8. The third kappa shape index (κ3) is 3.91. The lowest BCUT2D eigenvalue weighted by Gasteiger charge is -2.37. The van der Waals surface area contributed by atoms with Gasteiger partial charge in [-0.1, -0.05) is 6.07 Å². The Morgan fingerprint density at radius 2 is 1.97 bits per heavy atom. The summed E-state index contributed by atoms with van der Waals surface area (Å²) >= 11 is 5.68. The number of nitrogens with one attached hydrogen (secondary N) is 1. The molecule has 0 aliphatic carbocycles. The topological polar surface area (TPSA) is 89.5 Å². The molecule has 32 heavy (non-hydrogen) atoms. The van der Waals surface area contributed by atoms with Crippen LogP contribution in [0.3, 0.4) is 0 Å². The van der Waals surface area contributed by atoms with Crippen molar-refractivity contribution in [1.82, 2.24) is 5.32 Å². The number of nitrogens with zero attached hydrogens (tertiary/aromatic N) is 1. The van der Waals surface area contributed by atoms with Crippen molar-refractivity contribution in [2.75, 3.05) is 31.8 Å². The fourth-order valence-corrected chi connectivity index (χ4v) is 4.19. The molecule has 8 nitrogen and oxygen atoms in total. The number of methoxy groups -OCH3 is 1. The Kier molecular flexibility index (Phi) is 6.09. The maximum Gasteiger partial charge on any atom is 0.337 e. The lowest BCUT2D eigenvalue weighted by Crippen LogP contribution is -2.48. The van der Waals surface area contributed by atoms with Gasteiger partial charge in [-0.3, -0.25) is 4.90 Å². The summed E-state index contributed by atoms with van der Waals surface area (Å²) in [5.74, 6) is 1.14. The third-order valence-corrected chi connectivity index (χ3v) is 5.59. The number of ether oxygens (including phenoxy) is 4. The molecule has 2 aromatic rings. The number of thiocarbonyl (C=S) groups is 1. The molecule has 0 unspecified atom stereocenters. The highest BCUT2D eigenvalue weighted by molar-refractivity contribution is 7.80. The van der Waals surface area contributed by atoms with E-state index in [1.165, 1.54) is 13.2 Å². The molecule has 1 atom stereocenters. The number of allylic oxidation sites excluding steroid dienone is 1. The number of aromatic hydroxyl groups is 1. The van der Waals surface area contributed by atoms with E-state index < -0.39 is 12.0 Å². The van der Waals surface area contributed by atoms with Crippen LogP contribution in [0.4, 0.5) is 5.69 Å². The number of fused-ring (bicyclic) bond motifs is 1. The maximum absolute atomic E-state index is 12.8. The van der Waals surface area contributed by atoms with Gasteiger partial charge in [0.2, 0.25) is 0 Å². The molecule has 168 valence electrons. The van der Waals surface area contributed by atoms with E-state index in [4.69, 9.17) is 31.2 Å². The number of phenolic OH excluding ortho intramolecular Hbond substituents is 1. The van der Waals surface area contributed by atoms with Crippen molar-refractivity contribution in [2.45, 2.75) is 19.9 Å². The van der Waals surface area contributed by atoms with Crippen LogP contribution in [0.2, 0.25) is 0 Å². The van der Waals surface area contributed by atoms with Gasteiger partial charge in [-0.25, -0.2) is 4.79 Å². The molecular formula is C23H24N2O6S. The van der Waals surface area contributed by atoms with Crippen LogP contribution in [0.1, 0.15) is 25.5 Å². The van der Waals surface area contributed by atoms with Gasteiger partial charge in [-0.05, 0) is 55.9 Å². The van der Waals surface area contributed by atoms with Gasteiger partial charge in [0.15, 0.2) is 28.1 Å². The number of hydrogen-bond donors (Lipinski definition) is 2. The Bertz CT molecular complexity index is 1100. The van der Waals surface area contributed by atoms with Crippen LogP contribution < -0.4 is 24.4 Å². The quantitative estimate of drug-likeness (QED) is 0.519.